The number of nitrogens with zero attached hydrogens (tertiary/aromatic N) is 1. The van der Waals surface area contributed by atoms with E-state index in [-0.39, 0.29) is 5.82 Å². The van der Waals surface area contributed by atoms with Crippen molar-refractivity contribution in [2.45, 2.75) is 6.42 Å². The maximum atomic E-state index is 13.5. The normalized spacial score (nSPS) is 13.8. The fourth-order valence-corrected chi connectivity index (χ4v) is 4.12. The molecule has 0 spiro atoms. The lowest BCUT2D eigenvalue weighted by atomic mass is 9.93. The number of nitrogens with one attached hydrogen (secondary N) is 1. The van der Waals surface area contributed by atoms with E-state index in [4.69, 9.17) is 0 Å². The molecule has 4 nitrogen and oxygen atoms in total. The van der Waals surface area contributed by atoms with Crippen LogP contribution in [0.15, 0.2) is 83.2 Å². The largest absolute Gasteiger partial charge is 0.284 e. The van der Waals surface area contributed by atoms with Gasteiger partial charge in [-0.1, -0.05) is 42.5 Å². The van der Waals surface area contributed by atoms with Gasteiger partial charge in [0.05, 0.1) is 11.1 Å². The molecule has 0 atom stereocenters. The summed E-state index contributed by atoms with van der Waals surface area (Å²) in [6.07, 6.45) is 2.26. The molecule has 0 radical (unpaired) electrons. The van der Waals surface area contributed by atoms with Crippen LogP contribution in [0, 0.1) is 5.82 Å². The van der Waals surface area contributed by atoms with Crippen molar-refractivity contribution in [3.63, 3.8) is 0 Å². The summed E-state index contributed by atoms with van der Waals surface area (Å²) in [5.74, 6) is -0.252. The lowest BCUT2D eigenvalue weighted by Gasteiger charge is -2.17. The molecule has 146 valence electrons. The second kappa shape index (κ2) is 8.01. The van der Waals surface area contributed by atoms with Crippen LogP contribution in [0.1, 0.15) is 22.3 Å². The highest BCUT2D eigenvalue weighted by molar-refractivity contribution is 7.95. The zero-order valence-electron chi connectivity index (χ0n) is 15.5. The molecule has 1 heterocycles. The molecule has 1 aliphatic heterocycles. The predicted molar refractivity (Wildman–Crippen MR) is 115 cm³/mol. The maximum absolute atomic E-state index is 13.5. The number of hydrogen-bond acceptors (Lipinski definition) is 3. The number of hydrogen-bond donors (Lipinski definition) is 1. The average molecular weight is 406 g/mol. The second-order valence-electron chi connectivity index (χ2n) is 6.72. The van der Waals surface area contributed by atoms with Crippen molar-refractivity contribution < 1.29 is 12.8 Å². The molecule has 0 fully saturated rings. The van der Waals surface area contributed by atoms with Gasteiger partial charge in [0.15, 0.2) is 0 Å². The summed E-state index contributed by atoms with van der Waals surface area (Å²) in [5.41, 5.74) is 4.77. The Morgan fingerprint density at radius 2 is 1.72 bits per heavy atom. The third-order valence-corrected chi connectivity index (χ3v) is 5.65. The minimum absolute atomic E-state index is 0.252. The molecular formula is C23H19FN2O2S. The molecule has 0 aromatic heterocycles. The van der Waals surface area contributed by atoms with Gasteiger partial charge in [-0.15, -0.1) is 0 Å². The smallest absolute Gasteiger partial charge is 0.255 e. The number of halogens is 1. The van der Waals surface area contributed by atoms with Crippen LogP contribution in [0.25, 0.3) is 6.08 Å². The summed E-state index contributed by atoms with van der Waals surface area (Å²) < 4.78 is 40.6. The van der Waals surface area contributed by atoms with Gasteiger partial charge in [-0.3, -0.25) is 9.71 Å². The molecule has 6 heteroatoms. The fourth-order valence-electron chi connectivity index (χ4n) is 3.25. The van der Waals surface area contributed by atoms with E-state index >= 15 is 0 Å². The Bertz CT molecular complexity index is 1190. The molecular weight excluding hydrogens is 387 g/mol. The number of aliphatic imine (C=N–C) groups is 1. The highest BCUT2D eigenvalue weighted by Crippen LogP contribution is 2.23. The summed E-state index contributed by atoms with van der Waals surface area (Å²) in [6.45, 7) is 0.602. The zero-order chi connectivity index (χ0) is 20.3. The van der Waals surface area contributed by atoms with Gasteiger partial charge >= 0.3 is 0 Å². The molecule has 0 saturated heterocycles. The second-order valence-corrected chi connectivity index (χ2v) is 8.29. The summed E-state index contributed by atoms with van der Waals surface area (Å²) >= 11 is 0. The van der Waals surface area contributed by atoms with Crippen molar-refractivity contribution in [2.24, 2.45) is 4.99 Å². The van der Waals surface area contributed by atoms with Crippen LogP contribution in [0.2, 0.25) is 0 Å². The third-order valence-electron chi connectivity index (χ3n) is 4.63. The zero-order valence-corrected chi connectivity index (χ0v) is 16.4. The van der Waals surface area contributed by atoms with Gasteiger partial charge in [-0.25, -0.2) is 12.8 Å². The predicted octanol–water partition coefficient (Wildman–Crippen LogP) is 4.63. The van der Waals surface area contributed by atoms with Crippen molar-refractivity contribution in [2.75, 3.05) is 11.3 Å². The first-order chi connectivity index (χ1) is 14.0. The average Bonchev–Trinajstić information content (AvgIpc) is 2.73. The molecule has 1 aliphatic rings. The molecule has 1 N–H and O–H groups in total. The molecule has 3 aromatic carbocycles. The highest BCUT2D eigenvalue weighted by atomic mass is 32.2. The van der Waals surface area contributed by atoms with Crippen molar-refractivity contribution >= 4 is 27.5 Å². The monoisotopic (exact) mass is 406 g/mol. The van der Waals surface area contributed by atoms with E-state index in [0.29, 0.717) is 18.7 Å². The molecule has 0 unspecified atom stereocenters. The molecule has 3 aromatic rings. The maximum Gasteiger partial charge on any atom is 0.255 e. The summed E-state index contributed by atoms with van der Waals surface area (Å²) in [6, 6.07) is 21.0. The molecule has 0 aliphatic carbocycles. The van der Waals surface area contributed by atoms with Crippen LogP contribution in [0.4, 0.5) is 10.1 Å². The van der Waals surface area contributed by atoms with Crippen LogP contribution in [-0.4, -0.2) is 20.7 Å². The van der Waals surface area contributed by atoms with Gasteiger partial charge in [0.25, 0.3) is 10.0 Å². The summed E-state index contributed by atoms with van der Waals surface area (Å²) in [7, 11) is -3.63. The third kappa shape index (κ3) is 4.60. The van der Waals surface area contributed by atoms with E-state index in [1.807, 2.05) is 42.5 Å². The number of rotatable bonds is 5. The molecule has 0 saturated carbocycles. The van der Waals surface area contributed by atoms with Crippen molar-refractivity contribution in [1.82, 2.24) is 0 Å². The lowest BCUT2D eigenvalue weighted by molar-refractivity contribution is 0.609. The van der Waals surface area contributed by atoms with Crippen LogP contribution >= 0.6 is 0 Å². The molecule has 0 bridgehead atoms. The standard InChI is InChI=1S/C23H19FN2O2S/c24-20-8-11-22-19(16-20)12-14-25-23(22)18-6-9-21(10-7-18)26-29(27,28)15-13-17-4-2-1-3-5-17/h1-11,13,15-16,26H,12,14H2/b15-13+. The number of fused-ring (bicyclic) bond motifs is 1. The van der Waals surface area contributed by atoms with Crippen LogP contribution in [0.3, 0.4) is 0 Å². The quantitative estimate of drug-likeness (QED) is 0.672. The first kappa shape index (κ1) is 19.1. The Morgan fingerprint density at radius 3 is 2.48 bits per heavy atom. The van der Waals surface area contributed by atoms with Gasteiger partial charge < -0.3 is 0 Å². The van der Waals surface area contributed by atoms with E-state index in [1.165, 1.54) is 6.07 Å². The number of sulfonamides is 1. The van der Waals surface area contributed by atoms with Gasteiger partial charge in [0.2, 0.25) is 0 Å². The van der Waals surface area contributed by atoms with Crippen molar-refractivity contribution in [3.05, 3.63) is 106 Å². The van der Waals surface area contributed by atoms with E-state index in [9.17, 15) is 12.8 Å². The Morgan fingerprint density at radius 1 is 0.966 bits per heavy atom. The van der Waals surface area contributed by atoms with E-state index in [2.05, 4.69) is 9.71 Å². The first-order valence-electron chi connectivity index (χ1n) is 9.20. The van der Waals surface area contributed by atoms with Gasteiger partial charge in [0.1, 0.15) is 5.82 Å². The Kier molecular flexibility index (Phi) is 5.27. The first-order valence-corrected chi connectivity index (χ1v) is 10.7. The summed E-state index contributed by atoms with van der Waals surface area (Å²) in [4.78, 5) is 4.58. The van der Waals surface area contributed by atoms with E-state index in [1.54, 1.807) is 30.3 Å². The summed E-state index contributed by atoms with van der Waals surface area (Å²) in [5, 5.41) is 1.15. The topological polar surface area (TPSA) is 58.5 Å². The molecule has 4 rings (SSSR count). The van der Waals surface area contributed by atoms with Gasteiger partial charge in [-0.05, 0) is 54.0 Å². The van der Waals surface area contributed by atoms with Crippen LogP contribution in [-0.2, 0) is 16.4 Å². The number of anilines is 1. The van der Waals surface area contributed by atoms with Crippen molar-refractivity contribution in [1.29, 1.82) is 0 Å². The molecule has 29 heavy (non-hydrogen) atoms. The Hall–Kier alpha value is -3.25. The minimum atomic E-state index is -3.63. The van der Waals surface area contributed by atoms with E-state index in [0.717, 1.165) is 33.4 Å². The van der Waals surface area contributed by atoms with E-state index < -0.39 is 10.0 Å². The van der Waals surface area contributed by atoms with Crippen molar-refractivity contribution in [3.8, 4) is 0 Å². The minimum Gasteiger partial charge on any atom is -0.284 e. The Labute approximate surface area is 169 Å². The Balaban J connectivity index is 1.52. The SMILES string of the molecule is O=S(=O)(/C=C/c1ccccc1)Nc1ccc(C2=NCCc3cc(F)ccc32)cc1. The van der Waals surface area contributed by atoms with Gasteiger partial charge in [-0.2, -0.15) is 0 Å². The fraction of sp³-hybridized carbons (Fsp3) is 0.0870. The van der Waals surface area contributed by atoms with Crippen LogP contribution in [0.5, 0.6) is 0 Å². The number of benzene rings is 3. The van der Waals surface area contributed by atoms with Crippen LogP contribution < -0.4 is 4.72 Å². The highest BCUT2D eigenvalue weighted by Gasteiger charge is 2.16. The molecule has 0 amide bonds. The van der Waals surface area contributed by atoms with Gasteiger partial charge in [0, 0.05) is 23.4 Å². The lowest BCUT2D eigenvalue weighted by Crippen LogP contribution is -2.14.